The fourth-order valence-corrected chi connectivity index (χ4v) is 5.53. The number of hydrogen-bond acceptors (Lipinski definition) is 6. The molecule has 1 aliphatic heterocycles. The van der Waals surface area contributed by atoms with Crippen molar-refractivity contribution in [3.05, 3.63) is 41.6 Å². The van der Waals surface area contributed by atoms with Crippen molar-refractivity contribution >= 4 is 16.6 Å². The maximum Gasteiger partial charge on any atom is 0.318 e. The highest BCUT2D eigenvalue weighted by molar-refractivity contribution is 7.85. The Balaban J connectivity index is 1.32. The summed E-state index contributed by atoms with van der Waals surface area (Å²) in [5.41, 5.74) is 1.83. The number of nitrogens with one attached hydrogen (secondary N) is 1. The van der Waals surface area contributed by atoms with E-state index in [1.165, 1.54) is 5.56 Å². The van der Waals surface area contributed by atoms with Crippen molar-refractivity contribution in [3.8, 4) is 6.01 Å². The van der Waals surface area contributed by atoms with E-state index >= 15 is 0 Å². The van der Waals surface area contributed by atoms with Crippen LogP contribution in [-0.4, -0.2) is 43.8 Å². The minimum Gasteiger partial charge on any atom is -0.463 e. The van der Waals surface area contributed by atoms with Crippen LogP contribution in [0, 0.1) is 5.92 Å². The predicted molar refractivity (Wildman–Crippen MR) is 107 cm³/mol. The Morgan fingerprint density at radius 3 is 2.79 bits per heavy atom. The van der Waals surface area contributed by atoms with Crippen LogP contribution >= 0.6 is 0 Å². The molecule has 3 aliphatic rings. The standard InChI is InChI=1S/C21H25N3O3S/c25-13-21(8-4-9-21)24-19-18-17(7-10-28(18)26)22-20(23-19)27-12-15-11-16(15)14-5-2-1-3-6-14/h1-3,5-6,15-16,25H,4,7-13H2,(H,22,23,24)/t15?,16?,28-/m1/s1. The van der Waals surface area contributed by atoms with Gasteiger partial charge in [0.1, 0.15) is 10.7 Å². The summed E-state index contributed by atoms with van der Waals surface area (Å²) >= 11 is 0. The van der Waals surface area contributed by atoms with E-state index in [2.05, 4.69) is 39.6 Å². The number of ether oxygens (including phenoxy) is 1. The van der Waals surface area contributed by atoms with Crippen molar-refractivity contribution in [1.82, 2.24) is 9.97 Å². The highest BCUT2D eigenvalue weighted by Crippen LogP contribution is 2.47. The zero-order valence-corrected chi connectivity index (χ0v) is 16.6. The van der Waals surface area contributed by atoms with E-state index in [1.807, 2.05) is 6.07 Å². The fourth-order valence-electron chi connectivity index (χ4n) is 4.22. The fraction of sp³-hybridized carbons (Fsp3) is 0.524. The molecule has 0 amide bonds. The van der Waals surface area contributed by atoms with Crippen LogP contribution in [0.4, 0.5) is 5.82 Å². The second-order valence-electron chi connectivity index (χ2n) is 8.17. The molecule has 2 fully saturated rings. The molecule has 28 heavy (non-hydrogen) atoms. The molecule has 0 radical (unpaired) electrons. The van der Waals surface area contributed by atoms with Gasteiger partial charge in [-0.1, -0.05) is 30.3 Å². The van der Waals surface area contributed by atoms with Crippen LogP contribution in [0.1, 0.15) is 42.9 Å². The number of aromatic nitrogens is 2. The highest BCUT2D eigenvalue weighted by atomic mass is 32.2. The summed E-state index contributed by atoms with van der Waals surface area (Å²) in [6.07, 6.45) is 4.67. The number of aliphatic hydroxyl groups is 1. The Morgan fingerprint density at radius 2 is 2.07 bits per heavy atom. The molecular weight excluding hydrogens is 374 g/mol. The second-order valence-corrected chi connectivity index (χ2v) is 9.68. The lowest BCUT2D eigenvalue weighted by molar-refractivity contribution is 0.143. The number of rotatable bonds is 7. The Bertz CT molecular complexity index is 896. The lowest BCUT2D eigenvalue weighted by Crippen LogP contribution is -2.48. The first-order valence-corrected chi connectivity index (χ1v) is 11.4. The Labute approximate surface area is 167 Å². The summed E-state index contributed by atoms with van der Waals surface area (Å²) in [5, 5.41) is 13.2. The van der Waals surface area contributed by atoms with Crippen LogP contribution in [0.3, 0.4) is 0 Å². The molecule has 2 N–H and O–H groups in total. The van der Waals surface area contributed by atoms with E-state index in [9.17, 15) is 9.32 Å². The summed E-state index contributed by atoms with van der Waals surface area (Å²) < 4.78 is 18.4. The van der Waals surface area contributed by atoms with Gasteiger partial charge in [0.15, 0.2) is 0 Å². The first-order valence-electron chi connectivity index (χ1n) is 10.0. The van der Waals surface area contributed by atoms with Crippen LogP contribution < -0.4 is 10.1 Å². The Hall–Kier alpha value is -1.99. The van der Waals surface area contributed by atoms with Gasteiger partial charge < -0.3 is 15.2 Å². The summed E-state index contributed by atoms with van der Waals surface area (Å²) in [6, 6.07) is 10.9. The van der Waals surface area contributed by atoms with E-state index in [4.69, 9.17) is 4.74 Å². The topological polar surface area (TPSA) is 84.3 Å². The highest BCUT2D eigenvalue weighted by Gasteiger charge is 2.40. The number of benzene rings is 1. The summed E-state index contributed by atoms with van der Waals surface area (Å²) in [6.45, 7) is 0.640. The van der Waals surface area contributed by atoms with Crippen LogP contribution in [0.15, 0.2) is 35.2 Å². The quantitative estimate of drug-likeness (QED) is 0.745. The Kier molecular flexibility index (Phi) is 4.59. The lowest BCUT2D eigenvalue weighted by atomic mass is 9.77. The van der Waals surface area contributed by atoms with Crippen molar-refractivity contribution in [2.75, 3.05) is 24.3 Å². The molecule has 2 aliphatic carbocycles. The minimum atomic E-state index is -1.09. The molecule has 1 aromatic carbocycles. The van der Waals surface area contributed by atoms with Gasteiger partial charge in [-0.3, -0.25) is 4.21 Å². The van der Waals surface area contributed by atoms with Crippen LogP contribution in [0.25, 0.3) is 0 Å². The lowest BCUT2D eigenvalue weighted by Gasteiger charge is -2.41. The largest absolute Gasteiger partial charge is 0.463 e. The van der Waals surface area contributed by atoms with E-state index in [0.717, 1.165) is 31.4 Å². The molecule has 148 valence electrons. The van der Waals surface area contributed by atoms with Gasteiger partial charge in [-0.2, -0.15) is 9.97 Å². The minimum absolute atomic E-state index is 0.0510. The molecule has 2 saturated carbocycles. The van der Waals surface area contributed by atoms with E-state index in [0.29, 0.717) is 47.3 Å². The number of aryl methyl sites for hydroxylation is 1. The smallest absolute Gasteiger partial charge is 0.318 e. The first-order chi connectivity index (χ1) is 13.7. The number of fused-ring (bicyclic) bond motifs is 1. The van der Waals surface area contributed by atoms with Gasteiger partial charge >= 0.3 is 6.01 Å². The van der Waals surface area contributed by atoms with Gasteiger partial charge in [-0.05, 0) is 37.2 Å². The maximum absolute atomic E-state index is 12.4. The molecule has 2 aromatic rings. The molecule has 7 heteroatoms. The van der Waals surface area contributed by atoms with Crippen LogP contribution in [-0.2, 0) is 17.2 Å². The number of aliphatic hydroxyl groups excluding tert-OH is 1. The van der Waals surface area contributed by atoms with Crippen molar-refractivity contribution in [1.29, 1.82) is 0 Å². The average Bonchev–Trinajstić information content (AvgIpc) is 3.38. The van der Waals surface area contributed by atoms with E-state index in [-0.39, 0.29) is 12.1 Å². The van der Waals surface area contributed by atoms with Crippen molar-refractivity contribution in [3.63, 3.8) is 0 Å². The van der Waals surface area contributed by atoms with Gasteiger partial charge in [0.05, 0.1) is 35.2 Å². The van der Waals surface area contributed by atoms with Crippen molar-refractivity contribution < 1.29 is 14.1 Å². The number of hydrogen-bond donors (Lipinski definition) is 2. The van der Waals surface area contributed by atoms with Gasteiger partial charge in [-0.25, -0.2) is 0 Å². The van der Waals surface area contributed by atoms with E-state index in [1.54, 1.807) is 0 Å². The van der Waals surface area contributed by atoms with Gasteiger partial charge in [0.2, 0.25) is 0 Å². The maximum atomic E-state index is 12.4. The number of anilines is 1. The summed E-state index contributed by atoms with van der Waals surface area (Å²) in [4.78, 5) is 9.79. The van der Waals surface area contributed by atoms with Gasteiger partial charge in [-0.15, -0.1) is 0 Å². The molecule has 2 unspecified atom stereocenters. The zero-order chi connectivity index (χ0) is 19.1. The molecule has 5 rings (SSSR count). The van der Waals surface area contributed by atoms with Gasteiger partial charge in [0.25, 0.3) is 0 Å². The SMILES string of the molecule is O=[S@@]1CCc2nc(OCC3CC3c3ccccc3)nc(NC3(CO)CCC3)c21. The zero-order valence-electron chi connectivity index (χ0n) is 15.8. The third-order valence-corrected chi connectivity index (χ3v) is 7.70. The molecule has 0 bridgehead atoms. The van der Waals surface area contributed by atoms with Crippen LogP contribution in [0.2, 0.25) is 0 Å². The molecule has 6 nitrogen and oxygen atoms in total. The third-order valence-electron chi connectivity index (χ3n) is 6.24. The van der Waals surface area contributed by atoms with Crippen LogP contribution in [0.5, 0.6) is 6.01 Å². The van der Waals surface area contributed by atoms with Gasteiger partial charge in [0, 0.05) is 18.1 Å². The molecule has 0 spiro atoms. The Morgan fingerprint density at radius 1 is 1.25 bits per heavy atom. The third kappa shape index (κ3) is 3.31. The first kappa shape index (κ1) is 18.1. The van der Waals surface area contributed by atoms with Crippen molar-refractivity contribution in [2.24, 2.45) is 5.92 Å². The molecule has 0 saturated heterocycles. The van der Waals surface area contributed by atoms with Crippen molar-refractivity contribution in [2.45, 2.75) is 48.5 Å². The monoisotopic (exact) mass is 399 g/mol. The molecule has 1 aromatic heterocycles. The summed E-state index contributed by atoms with van der Waals surface area (Å²) in [7, 11) is -1.09. The summed E-state index contributed by atoms with van der Waals surface area (Å²) in [5.74, 6) is 2.20. The van der Waals surface area contributed by atoms with E-state index < -0.39 is 10.8 Å². The molecule has 3 atom stereocenters. The number of nitrogens with zero attached hydrogens (tertiary/aromatic N) is 2. The predicted octanol–water partition coefficient (Wildman–Crippen LogP) is 2.65. The average molecular weight is 400 g/mol. The molecule has 2 heterocycles. The normalized spacial score (nSPS) is 27.0. The molecular formula is C21H25N3O3S. The second kappa shape index (κ2) is 7.12.